The third kappa shape index (κ3) is 2.80. The SMILES string of the molecule is CCN1CCN(N2C=C(C(=O)O)Cc3ccccc32)CC1. The van der Waals surface area contributed by atoms with Gasteiger partial charge in [0.1, 0.15) is 0 Å². The summed E-state index contributed by atoms with van der Waals surface area (Å²) in [5.41, 5.74) is 2.63. The van der Waals surface area contributed by atoms with Crippen molar-refractivity contribution in [3.05, 3.63) is 41.6 Å². The van der Waals surface area contributed by atoms with Crippen LogP contribution >= 0.6 is 0 Å². The van der Waals surface area contributed by atoms with Gasteiger partial charge in [0.05, 0.1) is 11.3 Å². The summed E-state index contributed by atoms with van der Waals surface area (Å²) >= 11 is 0. The Morgan fingerprint density at radius 2 is 1.90 bits per heavy atom. The first-order chi connectivity index (χ1) is 10.2. The Morgan fingerprint density at radius 3 is 2.57 bits per heavy atom. The van der Waals surface area contributed by atoms with Crippen molar-refractivity contribution in [1.82, 2.24) is 9.91 Å². The Hall–Kier alpha value is -1.85. The van der Waals surface area contributed by atoms with Crippen LogP contribution in [0.3, 0.4) is 0 Å². The first-order valence-electron chi connectivity index (χ1n) is 7.47. The summed E-state index contributed by atoms with van der Waals surface area (Å²) in [6, 6.07) is 8.06. The van der Waals surface area contributed by atoms with Crippen molar-refractivity contribution < 1.29 is 9.90 Å². The summed E-state index contributed by atoms with van der Waals surface area (Å²) < 4.78 is 0. The molecule has 1 aromatic rings. The Labute approximate surface area is 125 Å². The van der Waals surface area contributed by atoms with Gasteiger partial charge in [-0.15, -0.1) is 0 Å². The Bertz CT molecular complexity index is 562. The van der Waals surface area contributed by atoms with Crippen molar-refractivity contribution >= 4 is 11.7 Å². The van der Waals surface area contributed by atoms with Gasteiger partial charge >= 0.3 is 5.97 Å². The molecule has 1 N–H and O–H groups in total. The minimum Gasteiger partial charge on any atom is -0.478 e. The van der Waals surface area contributed by atoms with E-state index in [1.165, 1.54) is 0 Å². The molecule has 0 bridgehead atoms. The number of hydrogen-bond acceptors (Lipinski definition) is 4. The smallest absolute Gasteiger partial charge is 0.333 e. The highest BCUT2D eigenvalue weighted by Gasteiger charge is 2.27. The number of benzene rings is 1. The van der Waals surface area contributed by atoms with E-state index in [1.54, 1.807) is 6.20 Å². The lowest BCUT2D eigenvalue weighted by molar-refractivity contribution is -0.132. The molecular weight excluding hydrogens is 266 g/mol. The summed E-state index contributed by atoms with van der Waals surface area (Å²) in [5.74, 6) is -0.832. The van der Waals surface area contributed by atoms with E-state index in [9.17, 15) is 9.90 Å². The number of aliphatic carboxylic acids is 1. The Kier molecular flexibility index (Phi) is 3.94. The molecule has 0 saturated carbocycles. The van der Waals surface area contributed by atoms with Crippen LogP contribution in [0.1, 0.15) is 12.5 Å². The van der Waals surface area contributed by atoms with Gasteiger partial charge in [-0.25, -0.2) is 9.80 Å². The monoisotopic (exact) mass is 287 g/mol. The molecule has 0 aromatic heterocycles. The van der Waals surface area contributed by atoms with Gasteiger partial charge < -0.3 is 10.0 Å². The van der Waals surface area contributed by atoms with E-state index in [4.69, 9.17) is 0 Å². The summed E-state index contributed by atoms with van der Waals surface area (Å²) in [4.78, 5) is 13.8. The number of fused-ring (bicyclic) bond motifs is 1. The normalized spacial score (nSPS) is 20.0. The van der Waals surface area contributed by atoms with Crippen molar-refractivity contribution in [3.63, 3.8) is 0 Å². The quantitative estimate of drug-likeness (QED) is 0.914. The molecular formula is C16H21N3O2. The van der Waals surface area contributed by atoms with Crippen LogP contribution < -0.4 is 5.01 Å². The molecule has 0 spiro atoms. The number of anilines is 1. The van der Waals surface area contributed by atoms with Crippen LogP contribution in [0, 0.1) is 0 Å². The Morgan fingerprint density at radius 1 is 1.19 bits per heavy atom. The van der Waals surface area contributed by atoms with Crippen molar-refractivity contribution in [1.29, 1.82) is 0 Å². The van der Waals surface area contributed by atoms with Crippen LogP contribution in [-0.4, -0.2) is 53.7 Å². The van der Waals surface area contributed by atoms with Gasteiger partial charge in [-0.2, -0.15) is 0 Å². The first-order valence-corrected chi connectivity index (χ1v) is 7.47. The minimum atomic E-state index is -0.832. The van der Waals surface area contributed by atoms with Gasteiger partial charge in [0.2, 0.25) is 0 Å². The Balaban J connectivity index is 1.87. The fourth-order valence-corrected chi connectivity index (χ4v) is 2.99. The number of carboxylic acids is 1. The number of para-hydroxylation sites is 1. The van der Waals surface area contributed by atoms with Gasteiger partial charge in [0.25, 0.3) is 0 Å². The maximum atomic E-state index is 11.4. The fourth-order valence-electron chi connectivity index (χ4n) is 2.99. The largest absolute Gasteiger partial charge is 0.478 e. The molecule has 21 heavy (non-hydrogen) atoms. The molecule has 2 aliphatic heterocycles. The van der Waals surface area contributed by atoms with Gasteiger partial charge in [-0.05, 0) is 18.2 Å². The van der Waals surface area contributed by atoms with Crippen molar-refractivity contribution in [3.8, 4) is 0 Å². The van der Waals surface area contributed by atoms with E-state index in [0.717, 1.165) is 44.0 Å². The second-order valence-electron chi connectivity index (χ2n) is 5.50. The van der Waals surface area contributed by atoms with Crippen LogP contribution in [0.5, 0.6) is 0 Å². The fraction of sp³-hybridized carbons (Fsp3) is 0.438. The molecule has 0 atom stereocenters. The van der Waals surface area contributed by atoms with E-state index >= 15 is 0 Å². The summed E-state index contributed by atoms with van der Waals surface area (Å²) in [6.07, 6.45) is 2.28. The molecule has 2 aliphatic rings. The lowest BCUT2D eigenvalue weighted by atomic mass is 10.0. The molecule has 0 amide bonds. The zero-order valence-corrected chi connectivity index (χ0v) is 12.3. The van der Waals surface area contributed by atoms with Crippen LogP contribution in [0.2, 0.25) is 0 Å². The number of likely N-dealkylation sites (N-methyl/N-ethyl adjacent to an activating group) is 1. The van der Waals surface area contributed by atoms with E-state index in [1.807, 2.05) is 23.2 Å². The van der Waals surface area contributed by atoms with Crippen LogP contribution in [0.15, 0.2) is 36.0 Å². The minimum absolute atomic E-state index is 0.451. The third-order valence-corrected chi connectivity index (χ3v) is 4.27. The number of rotatable bonds is 3. The molecule has 3 rings (SSSR count). The number of hydrogen-bond donors (Lipinski definition) is 1. The average molecular weight is 287 g/mol. The van der Waals surface area contributed by atoms with Gasteiger partial charge in [-0.1, -0.05) is 25.1 Å². The molecule has 112 valence electrons. The standard InChI is InChI=1S/C16H21N3O2/c1-2-17-7-9-18(10-8-17)19-12-14(16(20)21)11-13-5-3-4-6-15(13)19/h3-6,12H,2,7-11H2,1H3,(H,20,21). The number of nitrogens with zero attached hydrogens (tertiary/aromatic N) is 3. The summed E-state index contributed by atoms with van der Waals surface area (Å²) in [5, 5.41) is 13.6. The van der Waals surface area contributed by atoms with Crippen LogP contribution in [0.4, 0.5) is 5.69 Å². The molecule has 0 radical (unpaired) electrons. The van der Waals surface area contributed by atoms with Crippen molar-refractivity contribution in [2.75, 3.05) is 37.7 Å². The van der Waals surface area contributed by atoms with E-state index < -0.39 is 5.97 Å². The van der Waals surface area contributed by atoms with Gasteiger partial charge in [-0.3, -0.25) is 5.01 Å². The van der Waals surface area contributed by atoms with Crippen molar-refractivity contribution in [2.45, 2.75) is 13.3 Å². The van der Waals surface area contributed by atoms with Crippen LogP contribution in [0.25, 0.3) is 0 Å². The predicted molar refractivity (Wildman–Crippen MR) is 82.0 cm³/mol. The van der Waals surface area contributed by atoms with Gasteiger partial charge in [0, 0.05) is 38.8 Å². The molecule has 1 aromatic carbocycles. The lowest BCUT2D eigenvalue weighted by Crippen LogP contribution is -2.53. The molecule has 2 heterocycles. The van der Waals surface area contributed by atoms with E-state index in [0.29, 0.717) is 12.0 Å². The molecule has 0 aliphatic carbocycles. The second kappa shape index (κ2) is 5.87. The number of carbonyl (C=O) groups is 1. The molecule has 1 saturated heterocycles. The third-order valence-electron chi connectivity index (χ3n) is 4.27. The highest BCUT2D eigenvalue weighted by atomic mass is 16.4. The zero-order valence-electron chi connectivity index (χ0n) is 12.3. The van der Waals surface area contributed by atoms with Gasteiger partial charge in [0.15, 0.2) is 0 Å². The predicted octanol–water partition coefficient (Wildman–Crippen LogP) is 1.57. The molecule has 0 unspecified atom stereocenters. The average Bonchev–Trinajstić information content (AvgIpc) is 2.54. The number of piperazine rings is 1. The molecule has 5 nitrogen and oxygen atoms in total. The maximum absolute atomic E-state index is 11.4. The topological polar surface area (TPSA) is 47.0 Å². The molecule has 1 fully saturated rings. The van der Waals surface area contributed by atoms with Crippen molar-refractivity contribution in [2.24, 2.45) is 0 Å². The highest BCUT2D eigenvalue weighted by Crippen LogP contribution is 2.30. The first kappa shape index (κ1) is 14.1. The maximum Gasteiger partial charge on any atom is 0.333 e. The highest BCUT2D eigenvalue weighted by molar-refractivity contribution is 5.89. The lowest BCUT2D eigenvalue weighted by Gasteiger charge is -2.42. The zero-order chi connectivity index (χ0) is 14.8. The van der Waals surface area contributed by atoms with Crippen LogP contribution in [-0.2, 0) is 11.2 Å². The second-order valence-corrected chi connectivity index (χ2v) is 5.50. The summed E-state index contributed by atoms with van der Waals surface area (Å²) in [6.45, 7) is 7.13. The number of hydrazine groups is 1. The number of carboxylic acid groups (broad SMARTS) is 1. The molecule has 5 heteroatoms. The van der Waals surface area contributed by atoms with E-state index in [-0.39, 0.29) is 0 Å². The summed E-state index contributed by atoms with van der Waals surface area (Å²) in [7, 11) is 0. The van der Waals surface area contributed by atoms with E-state index in [2.05, 4.69) is 22.9 Å².